The molecule has 0 heterocycles. The Morgan fingerprint density at radius 1 is 1.53 bits per heavy atom. The fraction of sp³-hybridized carbons (Fsp3) is 0.385. The Labute approximate surface area is 101 Å². The highest BCUT2D eigenvalue weighted by atomic mass is 79.9. The van der Waals surface area contributed by atoms with Gasteiger partial charge in [0.15, 0.2) is 0 Å². The third-order valence-electron chi connectivity index (χ3n) is 2.39. The lowest BCUT2D eigenvalue weighted by Gasteiger charge is -2.15. The van der Waals surface area contributed by atoms with E-state index in [4.69, 9.17) is 0 Å². The van der Waals surface area contributed by atoms with Crippen molar-refractivity contribution in [3.63, 3.8) is 0 Å². The van der Waals surface area contributed by atoms with Crippen LogP contribution in [0.3, 0.4) is 0 Å². The molecule has 0 aromatic heterocycles. The second-order valence-electron chi connectivity index (χ2n) is 3.88. The smallest absolute Gasteiger partial charge is 0.0353 e. The number of rotatable bonds is 5. The van der Waals surface area contributed by atoms with Gasteiger partial charge in [0.2, 0.25) is 0 Å². The molecule has 0 saturated heterocycles. The Balaban J connectivity index is 2.56. The topological polar surface area (TPSA) is 12.0 Å². The maximum atomic E-state index is 3.73. The van der Waals surface area contributed by atoms with Crippen molar-refractivity contribution >= 4 is 21.6 Å². The maximum Gasteiger partial charge on any atom is 0.0353 e. The number of anilines is 1. The van der Waals surface area contributed by atoms with E-state index in [9.17, 15) is 0 Å². The first kappa shape index (κ1) is 12.3. The molecule has 1 aromatic rings. The summed E-state index contributed by atoms with van der Waals surface area (Å²) >= 11 is 3.53. The molecule has 1 N–H and O–H groups in total. The minimum atomic E-state index is 0.484. The molecule has 1 unspecified atom stereocenters. The van der Waals surface area contributed by atoms with E-state index in [1.807, 2.05) is 6.08 Å². The monoisotopic (exact) mass is 267 g/mol. The van der Waals surface area contributed by atoms with Crippen LogP contribution in [-0.4, -0.2) is 6.04 Å². The Kier molecular flexibility index (Phi) is 4.89. The first-order valence-electron chi connectivity index (χ1n) is 5.27. The average molecular weight is 268 g/mol. The van der Waals surface area contributed by atoms with Gasteiger partial charge in [-0.1, -0.05) is 28.1 Å². The van der Waals surface area contributed by atoms with Gasteiger partial charge in [0.05, 0.1) is 0 Å². The molecule has 1 nitrogen and oxygen atoms in total. The molecule has 1 atom stereocenters. The summed E-state index contributed by atoms with van der Waals surface area (Å²) in [6.07, 6.45) is 4.14. The van der Waals surface area contributed by atoms with E-state index in [0.29, 0.717) is 6.04 Å². The van der Waals surface area contributed by atoms with Gasteiger partial charge in [0.25, 0.3) is 0 Å². The summed E-state index contributed by atoms with van der Waals surface area (Å²) in [5.41, 5.74) is 2.43. The third-order valence-corrected chi connectivity index (χ3v) is 3.24. The Morgan fingerprint density at radius 3 is 2.87 bits per heavy atom. The normalized spacial score (nSPS) is 12.2. The van der Waals surface area contributed by atoms with Crippen LogP contribution in [-0.2, 0) is 0 Å². The van der Waals surface area contributed by atoms with Crippen LogP contribution in [0.4, 0.5) is 5.69 Å². The van der Waals surface area contributed by atoms with E-state index in [2.05, 4.69) is 59.9 Å². The summed E-state index contributed by atoms with van der Waals surface area (Å²) in [4.78, 5) is 0. The number of nitrogens with one attached hydrogen (secondary N) is 1. The summed E-state index contributed by atoms with van der Waals surface area (Å²) < 4.78 is 1.16. The molecule has 0 radical (unpaired) electrons. The van der Waals surface area contributed by atoms with E-state index in [1.54, 1.807) is 0 Å². The van der Waals surface area contributed by atoms with Crippen molar-refractivity contribution in [2.45, 2.75) is 32.7 Å². The molecule has 0 spiro atoms. The van der Waals surface area contributed by atoms with Gasteiger partial charge >= 0.3 is 0 Å². The first-order chi connectivity index (χ1) is 7.13. The van der Waals surface area contributed by atoms with Crippen LogP contribution in [0.25, 0.3) is 0 Å². The zero-order valence-corrected chi connectivity index (χ0v) is 11.0. The van der Waals surface area contributed by atoms with E-state index >= 15 is 0 Å². The van der Waals surface area contributed by atoms with Crippen molar-refractivity contribution in [2.24, 2.45) is 0 Å². The lowest BCUT2D eigenvalue weighted by atomic mass is 10.1. The van der Waals surface area contributed by atoms with Crippen LogP contribution in [0.2, 0.25) is 0 Å². The number of hydrogen-bond acceptors (Lipinski definition) is 1. The predicted molar refractivity (Wildman–Crippen MR) is 71.4 cm³/mol. The zero-order chi connectivity index (χ0) is 11.3. The zero-order valence-electron chi connectivity index (χ0n) is 9.39. The molecule has 2 heteroatoms. The van der Waals surface area contributed by atoms with Crippen molar-refractivity contribution < 1.29 is 0 Å². The van der Waals surface area contributed by atoms with Gasteiger partial charge in [-0.05, 0) is 44.4 Å². The highest BCUT2D eigenvalue weighted by Gasteiger charge is 2.02. The van der Waals surface area contributed by atoms with Crippen LogP contribution in [0.5, 0.6) is 0 Å². The SMILES string of the molecule is C=CCCC(C)Nc1ccc(C)c(Br)c1. The molecule has 0 aliphatic rings. The summed E-state index contributed by atoms with van der Waals surface area (Å²) in [5.74, 6) is 0. The summed E-state index contributed by atoms with van der Waals surface area (Å²) in [6, 6.07) is 6.84. The highest BCUT2D eigenvalue weighted by molar-refractivity contribution is 9.10. The number of benzene rings is 1. The van der Waals surface area contributed by atoms with Crippen LogP contribution in [0.1, 0.15) is 25.3 Å². The fourth-order valence-electron chi connectivity index (χ4n) is 1.41. The average Bonchev–Trinajstić information content (AvgIpc) is 2.20. The molecule has 0 aliphatic carbocycles. The largest absolute Gasteiger partial charge is 0.383 e. The van der Waals surface area contributed by atoms with Gasteiger partial charge in [-0.25, -0.2) is 0 Å². The minimum Gasteiger partial charge on any atom is -0.383 e. The summed E-state index contributed by atoms with van der Waals surface area (Å²) in [5, 5.41) is 3.47. The lowest BCUT2D eigenvalue weighted by Crippen LogP contribution is -2.14. The number of allylic oxidation sites excluding steroid dienone is 1. The van der Waals surface area contributed by atoms with E-state index < -0.39 is 0 Å². The number of hydrogen-bond donors (Lipinski definition) is 1. The Bertz CT molecular complexity index is 333. The van der Waals surface area contributed by atoms with Crippen molar-refractivity contribution in [1.29, 1.82) is 0 Å². The number of aryl methyl sites for hydroxylation is 1. The van der Waals surface area contributed by atoms with Gasteiger partial charge in [-0.15, -0.1) is 6.58 Å². The molecular formula is C13H18BrN. The van der Waals surface area contributed by atoms with Gasteiger partial charge in [-0.3, -0.25) is 0 Å². The van der Waals surface area contributed by atoms with Gasteiger partial charge in [-0.2, -0.15) is 0 Å². The second kappa shape index (κ2) is 5.96. The molecule has 1 rings (SSSR count). The molecule has 0 bridgehead atoms. The molecular weight excluding hydrogens is 250 g/mol. The first-order valence-corrected chi connectivity index (χ1v) is 6.06. The van der Waals surface area contributed by atoms with Crippen molar-refractivity contribution in [3.8, 4) is 0 Å². The third kappa shape index (κ3) is 4.08. The molecule has 0 aliphatic heterocycles. The Hall–Kier alpha value is -0.760. The lowest BCUT2D eigenvalue weighted by molar-refractivity contribution is 0.719. The van der Waals surface area contributed by atoms with Crippen LogP contribution in [0, 0.1) is 6.92 Å². The molecule has 0 amide bonds. The van der Waals surface area contributed by atoms with Gasteiger partial charge < -0.3 is 5.32 Å². The standard InChI is InChI=1S/C13H18BrN/c1-4-5-6-11(3)15-12-8-7-10(2)13(14)9-12/h4,7-9,11,15H,1,5-6H2,2-3H3. The van der Waals surface area contributed by atoms with Crippen LogP contribution < -0.4 is 5.32 Å². The molecule has 0 saturated carbocycles. The summed E-state index contributed by atoms with van der Waals surface area (Å²) in [7, 11) is 0. The van der Waals surface area contributed by atoms with Gasteiger partial charge in [0, 0.05) is 16.2 Å². The Morgan fingerprint density at radius 2 is 2.27 bits per heavy atom. The maximum absolute atomic E-state index is 3.73. The van der Waals surface area contributed by atoms with E-state index in [0.717, 1.165) is 17.3 Å². The van der Waals surface area contributed by atoms with Crippen molar-refractivity contribution in [2.75, 3.05) is 5.32 Å². The highest BCUT2D eigenvalue weighted by Crippen LogP contribution is 2.21. The van der Waals surface area contributed by atoms with Crippen LogP contribution >= 0.6 is 15.9 Å². The number of halogens is 1. The molecule has 82 valence electrons. The minimum absolute atomic E-state index is 0.484. The summed E-state index contributed by atoms with van der Waals surface area (Å²) in [6.45, 7) is 8.01. The predicted octanol–water partition coefficient (Wildman–Crippen LogP) is 4.52. The quantitative estimate of drug-likeness (QED) is 0.774. The van der Waals surface area contributed by atoms with Crippen molar-refractivity contribution in [3.05, 3.63) is 40.9 Å². The fourth-order valence-corrected chi connectivity index (χ4v) is 1.79. The van der Waals surface area contributed by atoms with Crippen LogP contribution in [0.15, 0.2) is 35.3 Å². The molecule has 0 fully saturated rings. The second-order valence-corrected chi connectivity index (χ2v) is 4.73. The van der Waals surface area contributed by atoms with Gasteiger partial charge in [0.1, 0.15) is 0 Å². The molecule has 15 heavy (non-hydrogen) atoms. The van der Waals surface area contributed by atoms with E-state index in [1.165, 1.54) is 11.3 Å². The van der Waals surface area contributed by atoms with E-state index in [-0.39, 0.29) is 0 Å². The molecule has 1 aromatic carbocycles. The van der Waals surface area contributed by atoms with Crippen molar-refractivity contribution in [1.82, 2.24) is 0 Å².